The van der Waals surface area contributed by atoms with Crippen molar-refractivity contribution in [1.29, 1.82) is 0 Å². The largest absolute Gasteiger partial charge is 0.454 e. The van der Waals surface area contributed by atoms with Crippen molar-refractivity contribution in [3.8, 4) is 11.5 Å². The van der Waals surface area contributed by atoms with Crippen molar-refractivity contribution in [3.63, 3.8) is 0 Å². The molecule has 1 heterocycles. The van der Waals surface area contributed by atoms with E-state index in [1.807, 2.05) is 29.1 Å². The van der Waals surface area contributed by atoms with Gasteiger partial charge < -0.3 is 10.1 Å². The highest BCUT2D eigenvalue weighted by atomic mass is 16.5. The molecular weight excluding hydrogens is 262 g/mol. The van der Waals surface area contributed by atoms with Crippen LogP contribution in [0.1, 0.15) is 39.7 Å². The van der Waals surface area contributed by atoms with Gasteiger partial charge in [0.05, 0.1) is 12.4 Å². The number of benzene rings is 1. The fourth-order valence-corrected chi connectivity index (χ4v) is 1.99. The number of hydrogen-bond acceptors (Lipinski definition) is 3. The first-order chi connectivity index (χ1) is 9.98. The Hall–Kier alpha value is -1.81. The standard InChI is InChI=1S/C17H25N3O/c1-5-10-20-13-15(12-19-20)21-16-9-7-6-8-14(16)11-18-17(2,3)4/h6-9,12-13,18H,5,10-11H2,1-4H3. The third kappa shape index (κ3) is 4.90. The predicted octanol–water partition coefficient (Wildman–Crippen LogP) is 3.97. The second kappa shape index (κ2) is 6.76. The van der Waals surface area contributed by atoms with E-state index in [-0.39, 0.29) is 5.54 Å². The third-order valence-corrected chi connectivity index (χ3v) is 3.07. The first kappa shape index (κ1) is 15.6. The molecule has 21 heavy (non-hydrogen) atoms. The highest BCUT2D eigenvalue weighted by Crippen LogP contribution is 2.25. The number of aryl methyl sites for hydroxylation is 1. The zero-order chi connectivity index (χ0) is 15.3. The summed E-state index contributed by atoms with van der Waals surface area (Å²) >= 11 is 0. The molecule has 2 rings (SSSR count). The maximum atomic E-state index is 5.98. The van der Waals surface area contributed by atoms with Crippen LogP contribution in [-0.4, -0.2) is 15.3 Å². The highest BCUT2D eigenvalue weighted by Gasteiger charge is 2.11. The second-order valence-corrected chi connectivity index (χ2v) is 6.25. The average molecular weight is 287 g/mol. The van der Waals surface area contributed by atoms with Gasteiger partial charge in [-0.05, 0) is 33.3 Å². The molecule has 0 fully saturated rings. The van der Waals surface area contributed by atoms with E-state index in [4.69, 9.17) is 4.74 Å². The van der Waals surface area contributed by atoms with Crippen molar-refractivity contribution in [2.75, 3.05) is 0 Å². The summed E-state index contributed by atoms with van der Waals surface area (Å²) in [5, 5.41) is 7.78. The summed E-state index contributed by atoms with van der Waals surface area (Å²) in [7, 11) is 0. The maximum Gasteiger partial charge on any atom is 0.165 e. The monoisotopic (exact) mass is 287 g/mol. The number of nitrogens with one attached hydrogen (secondary N) is 1. The second-order valence-electron chi connectivity index (χ2n) is 6.25. The molecule has 0 spiro atoms. The minimum Gasteiger partial charge on any atom is -0.454 e. The Morgan fingerprint density at radius 3 is 2.71 bits per heavy atom. The smallest absolute Gasteiger partial charge is 0.165 e. The van der Waals surface area contributed by atoms with Gasteiger partial charge in [-0.2, -0.15) is 5.10 Å². The summed E-state index contributed by atoms with van der Waals surface area (Å²) in [6, 6.07) is 8.11. The zero-order valence-corrected chi connectivity index (χ0v) is 13.4. The van der Waals surface area contributed by atoms with E-state index in [2.05, 4.69) is 44.2 Å². The predicted molar refractivity (Wildman–Crippen MR) is 85.6 cm³/mol. The van der Waals surface area contributed by atoms with Crippen LogP contribution >= 0.6 is 0 Å². The Balaban J connectivity index is 2.08. The summed E-state index contributed by atoms with van der Waals surface area (Å²) in [4.78, 5) is 0. The number of rotatable bonds is 6. The normalized spacial score (nSPS) is 11.6. The quantitative estimate of drug-likeness (QED) is 0.873. The lowest BCUT2D eigenvalue weighted by Gasteiger charge is -2.21. The molecule has 1 N–H and O–H groups in total. The Bertz CT molecular complexity index is 569. The van der Waals surface area contributed by atoms with Crippen LogP contribution in [0.2, 0.25) is 0 Å². The fourth-order valence-electron chi connectivity index (χ4n) is 1.99. The van der Waals surface area contributed by atoms with Crippen molar-refractivity contribution < 1.29 is 4.74 Å². The maximum absolute atomic E-state index is 5.98. The molecule has 0 radical (unpaired) electrons. The number of nitrogens with zero attached hydrogens (tertiary/aromatic N) is 2. The molecule has 0 aliphatic heterocycles. The van der Waals surface area contributed by atoms with Gasteiger partial charge in [0.2, 0.25) is 0 Å². The van der Waals surface area contributed by atoms with Crippen molar-refractivity contribution in [1.82, 2.24) is 15.1 Å². The van der Waals surface area contributed by atoms with Crippen LogP contribution in [0, 0.1) is 0 Å². The summed E-state index contributed by atoms with van der Waals surface area (Å²) in [6.45, 7) is 10.3. The first-order valence-electron chi connectivity index (χ1n) is 7.51. The summed E-state index contributed by atoms with van der Waals surface area (Å²) < 4.78 is 7.89. The van der Waals surface area contributed by atoms with Crippen LogP contribution in [-0.2, 0) is 13.1 Å². The highest BCUT2D eigenvalue weighted by molar-refractivity contribution is 5.36. The Kier molecular flexibility index (Phi) is 5.02. The minimum absolute atomic E-state index is 0.0825. The molecule has 4 nitrogen and oxygen atoms in total. The van der Waals surface area contributed by atoms with Crippen molar-refractivity contribution in [2.45, 2.75) is 52.7 Å². The fraction of sp³-hybridized carbons (Fsp3) is 0.471. The lowest BCUT2D eigenvalue weighted by atomic mass is 10.1. The van der Waals surface area contributed by atoms with E-state index in [1.54, 1.807) is 6.20 Å². The molecule has 0 saturated carbocycles. The van der Waals surface area contributed by atoms with Crippen LogP contribution in [0.25, 0.3) is 0 Å². The van der Waals surface area contributed by atoms with Gasteiger partial charge in [-0.1, -0.05) is 25.1 Å². The molecule has 0 aliphatic rings. The topological polar surface area (TPSA) is 39.1 Å². The zero-order valence-electron chi connectivity index (χ0n) is 13.4. The number of aromatic nitrogens is 2. The molecule has 0 bridgehead atoms. The molecule has 0 aliphatic carbocycles. The number of para-hydroxylation sites is 1. The van der Waals surface area contributed by atoms with Crippen molar-refractivity contribution >= 4 is 0 Å². The lowest BCUT2D eigenvalue weighted by Crippen LogP contribution is -2.35. The molecule has 0 saturated heterocycles. The van der Waals surface area contributed by atoms with E-state index in [0.717, 1.165) is 36.6 Å². The van der Waals surface area contributed by atoms with Crippen LogP contribution in [0.5, 0.6) is 11.5 Å². The Morgan fingerprint density at radius 1 is 1.24 bits per heavy atom. The van der Waals surface area contributed by atoms with Crippen LogP contribution in [0.4, 0.5) is 0 Å². The van der Waals surface area contributed by atoms with E-state index < -0.39 is 0 Å². The van der Waals surface area contributed by atoms with Crippen molar-refractivity contribution in [2.24, 2.45) is 0 Å². The minimum atomic E-state index is 0.0825. The van der Waals surface area contributed by atoms with Gasteiger partial charge in [0, 0.05) is 24.2 Å². The SMILES string of the molecule is CCCn1cc(Oc2ccccc2CNC(C)(C)C)cn1. The van der Waals surface area contributed by atoms with Crippen molar-refractivity contribution in [3.05, 3.63) is 42.2 Å². The van der Waals surface area contributed by atoms with Crippen LogP contribution in [0.15, 0.2) is 36.7 Å². The first-order valence-corrected chi connectivity index (χ1v) is 7.51. The van der Waals surface area contributed by atoms with E-state index in [1.165, 1.54) is 0 Å². The van der Waals surface area contributed by atoms with Gasteiger partial charge in [0.15, 0.2) is 5.75 Å². The molecule has 0 amide bonds. The van der Waals surface area contributed by atoms with Gasteiger partial charge >= 0.3 is 0 Å². The molecule has 4 heteroatoms. The van der Waals surface area contributed by atoms with Crippen LogP contribution in [0.3, 0.4) is 0 Å². The molecule has 1 aromatic carbocycles. The lowest BCUT2D eigenvalue weighted by molar-refractivity contribution is 0.414. The number of hydrogen-bond donors (Lipinski definition) is 1. The summed E-state index contributed by atoms with van der Waals surface area (Å²) in [6.07, 6.45) is 4.77. The van der Waals surface area contributed by atoms with Gasteiger partial charge in [-0.3, -0.25) is 4.68 Å². The number of ether oxygens (including phenoxy) is 1. The van der Waals surface area contributed by atoms with Gasteiger partial charge in [0.25, 0.3) is 0 Å². The Morgan fingerprint density at radius 2 is 2.00 bits per heavy atom. The van der Waals surface area contributed by atoms with E-state index in [9.17, 15) is 0 Å². The van der Waals surface area contributed by atoms with Gasteiger partial charge in [0.1, 0.15) is 5.75 Å². The van der Waals surface area contributed by atoms with Gasteiger partial charge in [-0.15, -0.1) is 0 Å². The Labute approximate surface area is 127 Å². The van der Waals surface area contributed by atoms with Crippen LogP contribution < -0.4 is 10.1 Å². The molecule has 0 atom stereocenters. The van der Waals surface area contributed by atoms with E-state index in [0.29, 0.717) is 0 Å². The van der Waals surface area contributed by atoms with Gasteiger partial charge in [-0.25, -0.2) is 0 Å². The molecular formula is C17H25N3O. The molecule has 2 aromatic rings. The molecule has 1 aromatic heterocycles. The molecule has 114 valence electrons. The average Bonchev–Trinajstić information content (AvgIpc) is 2.85. The summed E-state index contributed by atoms with van der Waals surface area (Å²) in [5.41, 5.74) is 1.23. The molecule has 0 unspecified atom stereocenters. The third-order valence-electron chi connectivity index (χ3n) is 3.07. The van der Waals surface area contributed by atoms with E-state index >= 15 is 0 Å². The summed E-state index contributed by atoms with van der Waals surface area (Å²) in [5.74, 6) is 1.66.